The van der Waals surface area contributed by atoms with E-state index in [0.717, 1.165) is 12.0 Å². The molecule has 0 aliphatic heterocycles. The van der Waals surface area contributed by atoms with E-state index in [4.69, 9.17) is 4.74 Å². The molecule has 1 rings (SSSR count). The van der Waals surface area contributed by atoms with Crippen LogP contribution in [-0.4, -0.2) is 35.8 Å². The first-order valence-electron chi connectivity index (χ1n) is 9.05. The van der Waals surface area contributed by atoms with Gasteiger partial charge in [0.05, 0.1) is 6.04 Å². The van der Waals surface area contributed by atoms with Gasteiger partial charge in [0, 0.05) is 6.54 Å². The van der Waals surface area contributed by atoms with E-state index in [1.807, 2.05) is 32.0 Å². The molecule has 27 heavy (non-hydrogen) atoms. The van der Waals surface area contributed by atoms with E-state index in [0.29, 0.717) is 18.9 Å². The molecule has 0 aromatic heterocycles. The lowest BCUT2D eigenvalue weighted by Gasteiger charge is -2.21. The number of rotatable bonds is 11. The van der Waals surface area contributed by atoms with Crippen LogP contribution in [0.2, 0.25) is 0 Å². The van der Waals surface area contributed by atoms with Gasteiger partial charge in [0.2, 0.25) is 5.91 Å². The molecule has 9 heteroatoms. The van der Waals surface area contributed by atoms with Gasteiger partial charge in [0.1, 0.15) is 12.9 Å². The van der Waals surface area contributed by atoms with Crippen LogP contribution in [0, 0.1) is 5.92 Å². The van der Waals surface area contributed by atoms with Crippen molar-refractivity contribution in [3.05, 3.63) is 35.9 Å². The van der Waals surface area contributed by atoms with Crippen LogP contribution < -0.4 is 15.7 Å². The van der Waals surface area contributed by atoms with E-state index in [1.54, 1.807) is 19.1 Å². The molecule has 1 aromatic rings. The number of benzene rings is 1. The standard InChI is InChI=1S/C18H30N3O5P/c1-4-16(17(22)19-11-10-14(2)3)21-27(24,25)13-20-18(23)26-12-15-8-6-5-7-9-15/h5-9,14,16H,4,10-13H2,1-3H3,(H,19,22)(H,20,23)(H2,21,24,25)/t16-/m0/s1. The number of carbonyl (C=O) groups is 2. The number of hydrogen-bond donors (Lipinski definition) is 4. The Morgan fingerprint density at radius 1 is 1.19 bits per heavy atom. The Bertz CT molecular complexity index is 639. The summed E-state index contributed by atoms with van der Waals surface area (Å²) in [6, 6.07) is 8.28. The van der Waals surface area contributed by atoms with Gasteiger partial charge in [-0.15, -0.1) is 0 Å². The topological polar surface area (TPSA) is 117 Å². The van der Waals surface area contributed by atoms with E-state index < -0.39 is 25.9 Å². The zero-order chi connectivity index (χ0) is 20.3. The van der Waals surface area contributed by atoms with Crippen molar-refractivity contribution in [1.29, 1.82) is 0 Å². The fourth-order valence-corrected chi connectivity index (χ4v) is 3.40. The van der Waals surface area contributed by atoms with E-state index >= 15 is 0 Å². The number of nitrogens with one attached hydrogen (secondary N) is 3. The van der Waals surface area contributed by atoms with Crippen LogP contribution in [0.15, 0.2) is 30.3 Å². The Kier molecular flexibility index (Phi) is 10.1. The molecule has 8 nitrogen and oxygen atoms in total. The average molecular weight is 399 g/mol. The maximum atomic E-state index is 12.2. The zero-order valence-corrected chi connectivity index (χ0v) is 17.0. The lowest BCUT2D eigenvalue weighted by Crippen LogP contribution is -2.44. The van der Waals surface area contributed by atoms with Crippen LogP contribution in [0.5, 0.6) is 0 Å². The molecule has 1 aromatic carbocycles. The minimum Gasteiger partial charge on any atom is -0.445 e. The largest absolute Gasteiger partial charge is 0.445 e. The second kappa shape index (κ2) is 11.7. The minimum absolute atomic E-state index is 0.0612. The van der Waals surface area contributed by atoms with Crippen LogP contribution in [0.3, 0.4) is 0 Å². The lowest BCUT2D eigenvalue weighted by atomic mass is 10.1. The highest BCUT2D eigenvalue weighted by Gasteiger charge is 2.27. The molecule has 2 amide bonds. The summed E-state index contributed by atoms with van der Waals surface area (Å²) in [5.74, 6) is 0.118. The monoisotopic (exact) mass is 399 g/mol. The van der Waals surface area contributed by atoms with Crippen molar-refractivity contribution in [2.45, 2.75) is 46.3 Å². The summed E-state index contributed by atoms with van der Waals surface area (Å²) in [4.78, 5) is 33.8. The molecule has 4 N–H and O–H groups in total. The first-order chi connectivity index (χ1) is 12.7. The number of alkyl carbamates (subject to hydrolysis) is 1. The van der Waals surface area contributed by atoms with Crippen molar-refractivity contribution in [2.75, 3.05) is 12.8 Å². The quantitative estimate of drug-likeness (QED) is 0.425. The first kappa shape index (κ1) is 23.1. The van der Waals surface area contributed by atoms with Gasteiger partial charge in [-0.2, -0.15) is 0 Å². The van der Waals surface area contributed by atoms with Crippen LogP contribution in [0.1, 0.15) is 39.2 Å². The highest BCUT2D eigenvalue weighted by atomic mass is 31.2. The lowest BCUT2D eigenvalue weighted by molar-refractivity contribution is -0.122. The predicted molar refractivity (Wildman–Crippen MR) is 104 cm³/mol. The van der Waals surface area contributed by atoms with Crippen molar-refractivity contribution in [3.8, 4) is 0 Å². The van der Waals surface area contributed by atoms with E-state index in [2.05, 4.69) is 15.7 Å². The first-order valence-corrected chi connectivity index (χ1v) is 10.9. The molecule has 0 fully saturated rings. The minimum atomic E-state index is -3.94. The van der Waals surface area contributed by atoms with Gasteiger partial charge in [-0.25, -0.2) is 9.88 Å². The molecule has 1 unspecified atom stereocenters. The van der Waals surface area contributed by atoms with Gasteiger partial charge in [0.15, 0.2) is 0 Å². The maximum Gasteiger partial charge on any atom is 0.407 e. The van der Waals surface area contributed by atoms with Crippen LogP contribution in [0.25, 0.3) is 0 Å². The van der Waals surface area contributed by atoms with Crippen LogP contribution in [0.4, 0.5) is 4.79 Å². The highest BCUT2D eigenvalue weighted by Crippen LogP contribution is 2.34. The number of amides is 2. The normalized spacial score (nSPS) is 14.3. The second-order valence-corrected chi connectivity index (χ2v) is 8.64. The Hall–Kier alpha value is -1.89. The molecular weight excluding hydrogens is 369 g/mol. The Morgan fingerprint density at radius 2 is 1.85 bits per heavy atom. The van der Waals surface area contributed by atoms with Gasteiger partial charge in [-0.05, 0) is 24.3 Å². The zero-order valence-electron chi connectivity index (χ0n) is 16.1. The Labute approximate surface area is 160 Å². The molecule has 0 spiro atoms. The maximum absolute atomic E-state index is 12.2. The molecule has 0 heterocycles. The van der Waals surface area contributed by atoms with Gasteiger partial charge in [-0.1, -0.05) is 51.1 Å². The smallest absolute Gasteiger partial charge is 0.407 e. The summed E-state index contributed by atoms with van der Waals surface area (Å²) >= 11 is 0. The third-order valence-corrected chi connectivity index (χ3v) is 5.06. The molecule has 2 atom stereocenters. The predicted octanol–water partition coefficient (Wildman–Crippen LogP) is 2.59. The summed E-state index contributed by atoms with van der Waals surface area (Å²) in [5.41, 5.74) is 0.807. The molecule has 0 aliphatic rings. The Balaban J connectivity index is 2.40. The molecule has 0 radical (unpaired) electrons. The number of carbonyl (C=O) groups excluding carboxylic acids is 2. The summed E-state index contributed by atoms with van der Waals surface area (Å²) < 4.78 is 17.2. The van der Waals surface area contributed by atoms with Crippen LogP contribution >= 0.6 is 7.52 Å². The molecule has 152 valence electrons. The van der Waals surface area contributed by atoms with Gasteiger partial charge >= 0.3 is 6.09 Å². The summed E-state index contributed by atoms with van der Waals surface area (Å²) in [6.07, 6.45) is -0.162. The van der Waals surface area contributed by atoms with Gasteiger partial charge < -0.3 is 20.3 Å². The fraction of sp³-hybridized carbons (Fsp3) is 0.556. The number of ether oxygens (including phenoxy) is 1. The van der Waals surface area contributed by atoms with E-state index in [9.17, 15) is 19.0 Å². The summed E-state index contributed by atoms with van der Waals surface area (Å²) in [5, 5.41) is 7.44. The molecule has 0 saturated heterocycles. The van der Waals surface area contributed by atoms with Gasteiger partial charge in [-0.3, -0.25) is 9.36 Å². The molecule has 0 aliphatic carbocycles. The number of hydrogen-bond acceptors (Lipinski definition) is 4. The molecule has 0 saturated carbocycles. The van der Waals surface area contributed by atoms with Crippen molar-refractivity contribution in [2.24, 2.45) is 5.92 Å². The van der Waals surface area contributed by atoms with Gasteiger partial charge in [0.25, 0.3) is 7.52 Å². The van der Waals surface area contributed by atoms with Crippen molar-refractivity contribution in [1.82, 2.24) is 15.7 Å². The van der Waals surface area contributed by atoms with Crippen molar-refractivity contribution >= 4 is 19.5 Å². The third-order valence-electron chi connectivity index (χ3n) is 3.75. The SMILES string of the molecule is CC[C@H](NP(=O)(O)CNC(=O)OCc1ccccc1)C(=O)NCCC(C)C. The highest BCUT2D eigenvalue weighted by molar-refractivity contribution is 7.55. The van der Waals surface area contributed by atoms with E-state index in [1.165, 1.54) is 0 Å². The average Bonchev–Trinajstić information content (AvgIpc) is 2.63. The summed E-state index contributed by atoms with van der Waals surface area (Å²) in [6.45, 7) is 6.40. The third kappa shape index (κ3) is 10.1. The molecule has 0 bridgehead atoms. The fourth-order valence-electron chi connectivity index (χ4n) is 2.18. The molecular formula is C18H30N3O5P. The second-order valence-electron chi connectivity index (χ2n) is 6.66. The van der Waals surface area contributed by atoms with Crippen molar-refractivity contribution in [3.63, 3.8) is 0 Å². The van der Waals surface area contributed by atoms with Crippen molar-refractivity contribution < 1.29 is 23.8 Å². The Morgan fingerprint density at radius 3 is 2.44 bits per heavy atom. The van der Waals surface area contributed by atoms with Crippen LogP contribution in [-0.2, 0) is 20.7 Å². The van der Waals surface area contributed by atoms with E-state index in [-0.39, 0.29) is 12.5 Å². The summed E-state index contributed by atoms with van der Waals surface area (Å²) in [7, 11) is -3.94.